The lowest BCUT2D eigenvalue weighted by Gasteiger charge is -2.23. The summed E-state index contributed by atoms with van der Waals surface area (Å²) in [5.41, 5.74) is 1.09. The van der Waals surface area contributed by atoms with E-state index in [1.807, 2.05) is 36.1 Å². The summed E-state index contributed by atoms with van der Waals surface area (Å²) in [6.45, 7) is 3.51. The van der Waals surface area contributed by atoms with E-state index in [4.69, 9.17) is 4.74 Å². The largest absolute Gasteiger partial charge is 0.497 e. The van der Waals surface area contributed by atoms with Gasteiger partial charge in [0.2, 0.25) is 0 Å². The standard InChI is InChI=1S/C14H19NO3/c1-10-6-7-15(13(10)14(16)17)9-11-4-3-5-12(8-11)18-2/h3-5,8,10,13H,6-7,9H2,1-2H3,(H,16,17). The molecule has 1 aromatic rings. The van der Waals surface area contributed by atoms with E-state index in [0.29, 0.717) is 6.54 Å². The molecule has 1 aromatic carbocycles. The number of carboxylic acid groups (broad SMARTS) is 1. The van der Waals surface area contributed by atoms with E-state index in [-0.39, 0.29) is 12.0 Å². The van der Waals surface area contributed by atoms with Crippen molar-refractivity contribution < 1.29 is 14.6 Å². The van der Waals surface area contributed by atoms with Crippen LogP contribution in [0.3, 0.4) is 0 Å². The molecule has 98 valence electrons. The van der Waals surface area contributed by atoms with Crippen LogP contribution in [0.5, 0.6) is 5.75 Å². The van der Waals surface area contributed by atoms with Crippen LogP contribution < -0.4 is 4.74 Å². The van der Waals surface area contributed by atoms with E-state index in [1.165, 1.54) is 0 Å². The number of methoxy groups -OCH3 is 1. The van der Waals surface area contributed by atoms with E-state index >= 15 is 0 Å². The summed E-state index contributed by atoms with van der Waals surface area (Å²) in [6, 6.07) is 7.43. The lowest BCUT2D eigenvalue weighted by atomic mass is 10.0. The van der Waals surface area contributed by atoms with Crippen LogP contribution >= 0.6 is 0 Å². The highest BCUT2D eigenvalue weighted by molar-refractivity contribution is 5.74. The van der Waals surface area contributed by atoms with Crippen LogP contribution in [0.15, 0.2) is 24.3 Å². The van der Waals surface area contributed by atoms with Gasteiger partial charge in [0.1, 0.15) is 11.8 Å². The summed E-state index contributed by atoms with van der Waals surface area (Å²) in [6.07, 6.45) is 0.945. The van der Waals surface area contributed by atoms with Crippen LogP contribution in [0.2, 0.25) is 0 Å². The highest BCUT2D eigenvalue weighted by Gasteiger charge is 2.36. The van der Waals surface area contributed by atoms with Crippen LogP contribution in [-0.4, -0.2) is 35.7 Å². The predicted molar refractivity (Wildman–Crippen MR) is 68.6 cm³/mol. The molecule has 1 saturated heterocycles. The minimum Gasteiger partial charge on any atom is -0.497 e. The van der Waals surface area contributed by atoms with Gasteiger partial charge in [-0.25, -0.2) is 0 Å². The minimum atomic E-state index is -0.720. The molecule has 1 aliphatic heterocycles. The molecule has 0 bridgehead atoms. The van der Waals surface area contributed by atoms with Gasteiger partial charge in [-0.1, -0.05) is 19.1 Å². The maximum Gasteiger partial charge on any atom is 0.321 e. The molecule has 1 heterocycles. The molecule has 2 rings (SSSR count). The SMILES string of the molecule is COc1cccc(CN2CCC(C)C2C(=O)O)c1. The van der Waals surface area contributed by atoms with Gasteiger partial charge in [0.05, 0.1) is 7.11 Å². The van der Waals surface area contributed by atoms with Gasteiger partial charge in [0.25, 0.3) is 0 Å². The van der Waals surface area contributed by atoms with Gasteiger partial charge < -0.3 is 9.84 Å². The maximum atomic E-state index is 11.3. The van der Waals surface area contributed by atoms with Gasteiger partial charge in [-0.15, -0.1) is 0 Å². The van der Waals surface area contributed by atoms with Gasteiger partial charge >= 0.3 is 5.97 Å². The monoisotopic (exact) mass is 249 g/mol. The first-order valence-electron chi connectivity index (χ1n) is 6.21. The van der Waals surface area contributed by atoms with Crippen LogP contribution in [0.25, 0.3) is 0 Å². The Kier molecular flexibility index (Phi) is 3.87. The lowest BCUT2D eigenvalue weighted by Crippen LogP contribution is -2.38. The maximum absolute atomic E-state index is 11.3. The number of hydrogen-bond acceptors (Lipinski definition) is 3. The molecule has 0 radical (unpaired) electrons. The summed E-state index contributed by atoms with van der Waals surface area (Å²) in [5, 5.41) is 9.27. The summed E-state index contributed by atoms with van der Waals surface area (Å²) in [5.74, 6) is 0.308. The van der Waals surface area contributed by atoms with Crippen molar-refractivity contribution in [3.05, 3.63) is 29.8 Å². The van der Waals surface area contributed by atoms with Crippen molar-refractivity contribution in [2.45, 2.75) is 25.9 Å². The van der Waals surface area contributed by atoms with Crippen molar-refractivity contribution in [3.63, 3.8) is 0 Å². The molecule has 0 aliphatic carbocycles. The predicted octanol–water partition coefficient (Wildman–Crippen LogP) is 1.99. The van der Waals surface area contributed by atoms with Gasteiger partial charge in [0, 0.05) is 6.54 Å². The average Bonchev–Trinajstić information content (AvgIpc) is 2.70. The third-order valence-electron chi connectivity index (χ3n) is 3.58. The minimum absolute atomic E-state index is 0.216. The van der Waals surface area contributed by atoms with E-state index in [9.17, 15) is 9.90 Å². The molecule has 1 fully saturated rings. The van der Waals surface area contributed by atoms with Gasteiger partial charge in [-0.05, 0) is 36.6 Å². The third kappa shape index (κ3) is 2.64. The molecular weight excluding hydrogens is 230 g/mol. The number of likely N-dealkylation sites (tertiary alicyclic amines) is 1. The molecule has 1 aliphatic rings. The molecular formula is C14H19NO3. The first-order valence-corrected chi connectivity index (χ1v) is 6.21. The Morgan fingerprint density at radius 2 is 2.33 bits per heavy atom. The number of hydrogen-bond donors (Lipinski definition) is 1. The Bertz CT molecular complexity index is 433. The Hall–Kier alpha value is -1.55. The van der Waals surface area contributed by atoms with Crippen LogP contribution in [0.4, 0.5) is 0 Å². The molecule has 1 N–H and O–H groups in total. The number of carboxylic acids is 1. The highest BCUT2D eigenvalue weighted by atomic mass is 16.5. The molecule has 18 heavy (non-hydrogen) atoms. The van der Waals surface area contributed by atoms with Crippen molar-refractivity contribution >= 4 is 5.97 Å². The fourth-order valence-electron chi connectivity index (χ4n) is 2.61. The molecule has 4 nitrogen and oxygen atoms in total. The van der Waals surface area contributed by atoms with Crippen molar-refractivity contribution in [1.29, 1.82) is 0 Å². The smallest absolute Gasteiger partial charge is 0.321 e. The summed E-state index contributed by atoms with van der Waals surface area (Å²) >= 11 is 0. The van der Waals surface area contributed by atoms with E-state index in [0.717, 1.165) is 24.3 Å². The Morgan fingerprint density at radius 1 is 1.56 bits per heavy atom. The quantitative estimate of drug-likeness (QED) is 0.886. The fourth-order valence-corrected chi connectivity index (χ4v) is 2.61. The van der Waals surface area contributed by atoms with Gasteiger partial charge in [-0.2, -0.15) is 0 Å². The first-order chi connectivity index (χ1) is 8.61. The number of carbonyl (C=O) groups is 1. The van der Waals surface area contributed by atoms with Crippen molar-refractivity contribution in [2.75, 3.05) is 13.7 Å². The zero-order valence-corrected chi connectivity index (χ0v) is 10.8. The first kappa shape index (κ1) is 12.9. The van der Waals surface area contributed by atoms with Gasteiger partial charge in [-0.3, -0.25) is 9.69 Å². The van der Waals surface area contributed by atoms with Crippen LogP contribution in [0.1, 0.15) is 18.9 Å². The molecule has 2 atom stereocenters. The van der Waals surface area contributed by atoms with Crippen molar-refractivity contribution in [3.8, 4) is 5.75 Å². The highest BCUT2D eigenvalue weighted by Crippen LogP contribution is 2.26. The molecule has 0 saturated carbocycles. The zero-order chi connectivity index (χ0) is 13.1. The molecule has 0 aromatic heterocycles. The van der Waals surface area contributed by atoms with Crippen molar-refractivity contribution in [2.24, 2.45) is 5.92 Å². The van der Waals surface area contributed by atoms with E-state index in [2.05, 4.69) is 0 Å². The fraction of sp³-hybridized carbons (Fsp3) is 0.500. The normalized spacial score (nSPS) is 24.1. The summed E-state index contributed by atoms with van der Waals surface area (Å²) in [7, 11) is 1.64. The Balaban J connectivity index is 2.10. The number of rotatable bonds is 4. The van der Waals surface area contributed by atoms with Crippen LogP contribution in [0, 0.1) is 5.92 Å². The van der Waals surface area contributed by atoms with Crippen molar-refractivity contribution in [1.82, 2.24) is 4.90 Å². The second kappa shape index (κ2) is 5.40. The molecule has 0 amide bonds. The Morgan fingerprint density at radius 3 is 3.00 bits per heavy atom. The Labute approximate surface area is 107 Å². The van der Waals surface area contributed by atoms with Crippen LogP contribution in [-0.2, 0) is 11.3 Å². The molecule has 0 spiro atoms. The number of benzene rings is 1. The lowest BCUT2D eigenvalue weighted by molar-refractivity contribution is -0.143. The topological polar surface area (TPSA) is 49.8 Å². The van der Waals surface area contributed by atoms with Gasteiger partial charge in [0.15, 0.2) is 0 Å². The molecule has 2 unspecified atom stereocenters. The molecule has 4 heteroatoms. The number of nitrogens with zero attached hydrogens (tertiary/aromatic N) is 1. The zero-order valence-electron chi connectivity index (χ0n) is 10.8. The third-order valence-corrected chi connectivity index (χ3v) is 3.58. The second-order valence-corrected chi connectivity index (χ2v) is 4.87. The summed E-state index contributed by atoms with van der Waals surface area (Å²) < 4.78 is 5.18. The second-order valence-electron chi connectivity index (χ2n) is 4.87. The number of ether oxygens (including phenoxy) is 1. The number of aliphatic carboxylic acids is 1. The van der Waals surface area contributed by atoms with E-state index in [1.54, 1.807) is 7.11 Å². The average molecular weight is 249 g/mol. The van der Waals surface area contributed by atoms with E-state index < -0.39 is 5.97 Å². The summed E-state index contributed by atoms with van der Waals surface area (Å²) in [4.78, 5) is 13.3.